The largest absolute Gasteiger partial charge is 0.444 e. The van der Waals surface area contributed by atoms with Crippen molar-refractivity contribution in [2.75, 3.05) is 11.9 Å². The molecule has 2 aromatic rings. The maximum atomic E-state index is 13.8. The van der Waals surface area contributed by atoms with Gasteiger partial charge in [0, 0.05) is 30.3 Å². The summed E-state index contributed by atoms with van der Waals surface area (Å²) in [5, 5.41) is 9.38. The molecule has 1 aromatic heterocycles. The number of nitrogens with one attached hydrogen (secondary N) is 2. The Balaban J connectivity index is 1.76. The van der Waals surface area contributed by atoms with Crippen LogP contribution < -0.4 is 5.32 Å². The highest BCUT2D eigenvalue weighted by Gasteiger charge is 2.29. The molecule has 144 valence electrons. The zero-order valence-electron chi connectivity index (χ0n) is 15.2. The molecule has 7 nitrogen and oxygen atoms in total. The number of H-pyrrole nitrogens is 1. The zero-order chi connectivity index (χ0) is 19.8. The van der Waals surface area contributed by atoms with Crippen molar-refractivity contribution in [3.63, 3.8) is 0 Å². The number of aromatic amines is 1. The monoisotopic (exact) mass is 378 g/mol. The van der Waals surface area contributed by atoms with Gasteiger partial charge in [-0.05, 0) is 32.9 Å². The Kier molecular flexibility index (Phi) is 4.86. The summed E-state index contributed by atoms with van der Waals surface area (Å²) in [5.74, 6) is -2.29. The van der Waals surface area contributed by atoms with Crippen LogP contribution in [-0.4, -0.2) is 39.2 Å². The van der Waals surface area contributed by atoms with Gasteiger partial charge >= 0.3 is 6.09 Å². The Morgan fingerprint density at radius 3 is 2.70 bits per heavy atom. The molecule has 0 atom stereocenters. The van der Waals surface area contributed by atoms with E-state index in [1.54, 1.807) is 20.8 Å². The van der Waals surface area contributed by atoms with Gasteiger partial charge in [0.25, 0.3) is 5.91 Å². The van der Waals surface area contributed by atoms with Crippen LogP contribution in [0.3, 0.4) is 0 Å². The van der Waals surface area contributed by atoms with Gasteiger partial charge in [-0.15, -0.1) is 0 Å². The minimum absolute atomic E-state index is 0.197. The number of hydrogen-bond acceptors (Lipinski definition) is 4. The first-order valence-corrected chi connectivity index (χ1v) is 8.44. The minimum atomic E-state index is -0.965. The molecule has 9 heteroatoms. The van der Waals surface area contributed by atoms with Crippen LogP contribution in [0.25, 0.3) is 0 Å². The first kappa shape index (κ1) is 18.8. The van der Waals surface area contributed by atoms with Crippen molar-refractivity contribution in [1.82, 2.24) is 15.1 Å². The van der Waals surface area contributed by atoms with Gasteiger partial charge < -0.3 is 15.0 Å². The predicted octanol–water partition coefficient (Wildman–Crippen LogP) is 3.23. The minimum Gasteiger partial charge on any atom is -0.444 e. The van der Waals surface area contributed by atoms with Crippen molar-refractivity contribution in [3.05, 3.63) is 46.7 Å². The number of carbonyl (C=O) groups is 2. The number of amides is 2. The van der Waals surface area contributed by atoms with Gasteiger partial charge in [-0.2, -0.15) is 5.10 Å². The Labute approximate surface area is 154 Å². The summed E-state index contributed by atoms with van der Waals surface area (Å²) >= 11 is 0. The smallest absolute Gasteiger partial charge is 0.410 e. The van der Waals surface area contributed by atoms with Gasteiger partial charge in [0.2, 0.25) is 0 Å². The maximum Gasteiger partial charge on any atom is 0.410 e. The molecule has 0 saturated carbocycles. The summed E-state index contributed by atoms with van der Waals surface area (Å²) < 4.78 is 32.2. The molecule has 1 aromatic carbocycles. The first-order chi connectivity index (χ1) is 12.6. The summed E-state index contributed by atoms with van der Waals surface area (Å²) in [6, 6.07) is 2.70. The van der Waals surface area contributed by atoms with Crippen LogP contribution in [0.15, 0.2) is 18.2 Å². The van der Waals surface area contributed by atoms with Crippen LogP contribution >= 0.6 is 0 Å². The van der Waals surface area contributed by atoms with Gasteiger partial charge in [-0.3, -0.25) is 9.89 Å². The highest BCUT2D eigenvalue weighted by molar-refractivity contribution is 6.04. The number of carbonyl (C=O) groups excluding carboxylic acids is 2. The third-order valence-electron chi connectivity index (χ3n) is 3.99. The molecule has 27 heavy (non-hydrogen) atoms. The van der Waals surface area contributed by atoms with Gasteiger partial charge in [0.1, 0.15) is 17.2 Å². The molecule has 0 bridgehead atoms. The topological polar surface area (TPSA) is 87.3 Å². The number of fused-ring (bicyclic) bond motifs is 1. The second kappa shape index (κ2) is 6.98. The molecule has 0 unspecified atom stereocenters. The van der Waals surface area contributed by atoms with Crippen LogP contribution in [0.2, 0.25) is 0 Å². The Morgan fingerprint density at radius 2 is 2.04 bits per heavy atom. The van der Waals surface area contributed by atoms with Gasteiger partial charge in [0.15, 0.2) is 5.82 Å². The molecule has 2 heterocycles. The lowest BCUT2D eigenvalue weighted by atomic mass is 10.1. The van der Waals surface area contributed by atoms with Crippen LogP contribution in [-0.2, 0) is 17.7 Å². The van der Waals surface area contributed by atoms with Crippen molar-refractivity contribution in [2.24, 2.45) is 0 Å². The molecule has 1 aliphatic heterocycles. The fourth-order valence-electron chi connectivity index (χ4n) is 2.73. The molecule has 0 radical (unpaired) electrons. The van der Waals surface area contributed by atoms with E-state index in [1.165, 1.54) is 4.90 Å². The fourth-order valence-corrected chi connectivity index (χ4v) is 2.73. The zero-order valence-corrected chi connectivity index (χ0v) is 15.2. The van der Waals surface area contributed by atoms with Crippen molar-refractivity contribution in [3.8, 4) is 0 Å². The molecule has 0 fully saturated rings. The lowest BCUT2D eigenvalue weighted by molar-refractivity contribution is 0.0224. The summed E-state index contributed by atoms with van der Waals surface area (Å²) in [5.41, 5.74) is 0.492. The first-order valence-electron chi connectivity index (χ1n) is 8.44. The lowest BCUT2D eigenvalue weighted by Gasteiger charge is -2.30. The molecule has 0 aliphatic carbocycles. The molecule has 3 rings (SSSR count). The van der Waals surface area contributed by atoms with Gasteiger partial charge in [-0.25, -0.2) is 13.6 Å². The quantitative estimate of drug-likeness (QED) is 0.840. The van der Waals surface area contributed by atoms with E-state index < -0.39 is 29.2 Å². The molecular weight excluding hydrogens is 358 g/mol. The van der Waals surface area contributed by atoms with Crippen LogP contribution in [0, 0.1) is 11.6 Å². The third kappa shape index (κ3) is 4.24. The van der Waals surface area contributed by atoms with Crippen LogP contribution in [0.1, 0.15) is 42.4 Å². The average Bonchev–Trinajstić information content (AvgIpc) is 2.95. The summed E-state index contributed by atoms with van der Waals surface area (Å²) in [6.45, 7) is 5.98. The van der Waals surface area contributed by atoms with Crippen molar-refractivity contribution >= 4 is 17.8 Å². The molecule has 2 amide bonds. The number of benzene rings is 1. The fraction of sp³-hybridized carbons (Fsp3) is 0.389. The van der Waals surface area contributed by atoms with Crippen LogP contribution in [0.5, 0.6) is 0 Å². The highest BCUT2D eigenvalue weighted by Crippen LogP contribution is 2.26. The number of ether oxygens (including phenoxy) is 1. The summed E-state index contributed by atoms with van der Waals surface area (Å²) in [4.78, 5) is 26.1. The van der Waals surface area contributed by atoms with E-state index in [2.05, 4.69) is 15.5 Å². The Bertz CT molecular complexity index is 889. The molecule has 0 saturated heterocycles. The van der Waals surface area contributed by atoms with E-state index in [9.17, 15) is 18.4 Å². The van der Waals surface area contributed by atoms with Crippen molar-refractivity contribution in [2.45, 2.75) is 39.3 Å². The van der Waals surface area contributed by atoms with E-state index in [1.807, 2.05) is 0 Å². The van der Waals surface area contributed by atoms with E-state index >= 15 is 0 Å². The van der Waals surface area contributed by atoms with Crippen LogP contribution in [0.4, 0.5) is 19.4 Å². The van der Waals surface area contributed by atoms with Crippen molar-refractivity contribution < 1.29 is 23.1 Å². The SMILES string of the molecule is CC(C)(C)OC(=O)N1CCc2[nH]nc(NC(=O)c3ccc(F)cc3F)c2C1. The molecule has 0 spiro atoms. The second-order valence-electron chi connectivity index (χ2n) is 7.26. The third-order valence-corrected chi connectivity index (χ3v) is 3.99. The molecule has 1 aliphatic rings. The number of nitrogens with zero attached hydrogens (tertiary/aromatic N) is 2. The Morgan fingerprint density at radius 1 is 1.30 bits per heavy atom. The number of hydrogen-bond donors (Lipinski definition) is 2. The van der Waals surface area contributed by atoms with E-state index in [-0.39, 0.29) is 17.9 Å². The summed E-state index contributed by atoms with van der Waals surface area (Å²) in [6.07, 6.45) is 0.0544. The normalized spacial score (nSPS) is 13.9. The maximum absolute atomic E-state index is 13.8. The molecular formula is C18H20F2N4O3. The molecule has 2 N–H and O–H groups in total. The number of rotatable bonds is 2. The van der Waals surface area contributed by atoms with Crippen molar-refractivity contribution in [1.29, 1.82) is 0 Å². The second-order valence-corrected chi connectivity index (χ2v) is 7.26. The average molecular weight is 378 g/mol. The number of aromatic nitrogens is 2. The van der Waals surface area contributed by atoms with E-state index in [4.69, 9.17) is 4.74 Å². The van der Waals surface area contributed by atoms with E-state index in [0.717, 1.165) is 17.8 Å². The lowest BCUT2D eigenvalue weighted by Crippen LogP contribution is -2.40. The predicted molar refractivity (Wildman–Crippen MR) is 93.2 cm³/mol. The van der Waals surface area contributed by atoms with Gasteiger partial charge in [-0.1, -0.05) is 0 Å². The van der Waals surface area contributed by atoms with E-state index in [0.29, 0.717) is 24.6 Å². The highest BCUT2D eigenvalue weighted by atomic mass is 19.1. The Hall–Kier alpha value is -2.97. The van der Waals surface area contributed by atoms with Gasteiger partial charge in [0.05, 0.1) is 12.1 Å². The summed E-state index contributed by atoms with van der Waals surface area (Å²) in [7, 11) is 0. The number of anilines is 1. The number of halogens is 2. The standard InChI is InChI=1S/C18H20F2N4O3/c1-18(2,3)27-17(26)24-7-6-14-12(9-24)15(23-22-14)21-16(25)11-5-4-10(19)8-13(11)20/h4-5,8H,6-7,9H2,1-3H3,(H2,21,22,23,25).